The van der Waals surface area contributed by atoms with Crippen LogP contribution in [0.2, 0.25) is 16.6 Å². The Morgan fingerprint density at radius 1 is 1.11 bits per heavy atom. The molecule has 0 fully saturated rings. The molecule has 0 radical (unpaired) electrons. The topological polar surface area (TPSA) is 26.3 Å². The summed E-state index contributed by atoms with van der Waals surface area (Å²) >= 11 is 0. The van der Waals surface area contributed by atoms with Gasteiger partial charge in [-0.1, -0.05) is 47.6 Å². The van der Waals surface area contributed by atoms with Gasteiger partial charge in [0.2, 0.25) is 8.32 Å². The highest BCUT2D eigenvalue weighted by molar-refractivity contribution is 6.77. The van der Waals surface area contributed by atoms with E-state index >= 15 is 0 Å². The molecule has 1 aliphatic rings. The molecule has 0 amide bonds. The lowest BCUT2D eigenvalue weighted by Crippen LogP contribution is -2.50. The zero-order chi connectivity index (χ0) is 13.9. The number of carbonyl (C=O) groups is 1. The molecule has 0 aromatic carbocycles. The fourth-order valence-electron chi connectivity index (χ4n) is 3.45. The third-order valence-electron chi connectivity index (χ3n) is 4.23. The normalized spacial score (nSPS) is 21.4. The molecule has 1 atom stereocenters. The molecule has 0 saturated heterocycles. The Hall–Kier alpha value is -0.413. The van der Waals surface area contributed by atoms with Crippen LogP contribution in [0.3, 0.4) is 0 Å². The van der Waals surface area contributed by atoms with Gasteiger partial charge in [0.25, 0.3) is 0 Å². The Morgan fingerprint density at radius 3 is 1.94 bits per heavy atom. The van der Waals surface area contributed by atoms with Crippen molar-refractivity contribution < 1.29 is 9.22 Å². The van der Waals surface area contributed by atoms with E-state index in [0.717, 1.165) is 6.42 Å². The van der Waals surface area contributed by atoms with E-state index in [1.54, 1.807) is 6.08 Å². The van der Waals surface area contributed by atoms with Crippen LogP contribution in [-0.4, -0.2) is 20.2 Å². The van der Waals surface area contributed by atoms with Gasteiger partial charge in [0.15, 0.2) is 5.78 Å². The maximum Gasteiger partial charge on any atom is 0.201 e. The average molecular weight is 268 g/mol. The first-order valence-corrected chi connectivity index (χ1v) is 9.33. The van der Waals surface area contributed by atoms with Gasteiger partial charge in [-0.15, -0.1) is 0 Å². The highest BCUT2D eigenvalue weighted by atomic mass is 28.4. The van der Waals surface area contributed by atoms with E-state index in [1.807, 2.05) is 6.08 Å². The van der Waals surface area contributed by atoms with Crippen molar-refractivity contribution in [3.63, 3.8) is 0 Å². The molecule has 18 heavy (non-hydrogen) atoms. The molecule has 0 heterocycles. The number of allylic oxidation sites excluding steroid dienone is 1. The molecule has 0 spiro atoms. The number of hydrogen-bond acceptors (Lipinski definition) is 2. The Bertz CT molecular complexity index is 297. The molecular weight excluding hydrogens is 240 g/mol. The quantitative estimate of drug-likeness (QED) is 0.688. The summed E-state index contributed by atoms with van der Waals surface area (Å²) in [6, 6.07) is 0. The first-order valence-electron chi connectivity index (χ1n) is 7.19. The molecule has 2 nitrogen and oxygen atoms in total. The first kappa shape index (κ1) is 15.6. The fourth-order valence-corrected chi connectivity index (χ4v) is 8.98. The molecule has 1 unspecified atom stereocenters. The van der Waals surface area contributed by atoms with Gasteiger partial charge in [-0.2, -0.15) is 0 Å². The minimum absolute atomic E-state index is 0.154. The number of carbonyl (C=O) groups excluding carboxylic acids is 1. The van der Waals surface area contributed by atoms with E-state index < -0.39 is 8.32 Å². The van der Waals surface area contributed by atoms with Crippen LogP contribution < -0.4 is 0 Å². The number of ketones is 1. The van der Waals surface area contributed by atoms with E-state index in [-0.39, 0.29) is 11.9 Å². The van der Waals surface area contributed by atoms with Gasteiger partial charge in [0, 0.05) is 6.42 Å². The third-order valence-corrected chi connectivity index (χ3v) is 10.4. The van der Waals surface area contributed by atoms with Crippen LogP contribution in [0.15, 0.2) is 12.2 Å². The summed E-state index contributed by atoms with van der Waals surface area (Å²) in [6.45, 7) is 13.8. The molecule has 0 aliphatic heterocycles. The second kappa shape index (κ2) is 6.16. The molecule has 0 bridgehead atoms. The van der Waals surface area contributed by atoms with Crippen molar-refractivity contribution >= 4 is 14.1 Å². The summed E-state index contributed by atoms with van der Waals surface area (Å²) in [5, 5.41) is 0. The van der Waals surface area contributed by atoms with E-state index in [2.05, 4.69) is 41.5 Å². The molecule has 0 aromatic heterocycles. The van der Waals surface area contributed by atoms with Gasteiger partial charge in [-0.05, 0) is 29.1 Å². The number of rotatable bonds is 5. The Balaban J connectivity index is 2.91. The fraction of sp³-hybridized carbons (Fsp3) is 0.800. The summed E-state index contributed by atoms with van der Waals surface area (Å²) in [5.41, 5.74) is 1.80. The predicted octanol–water partition coefficient (Wildman–Crippen LogP) is 4.47. The summed E-state index contributed by atoms with van der Waals surface area (Å²) in [7, 11) is -1.80. The lowest BCUT2D eigenvalue weighted by atomic mass is 10.0. The van der Waals surface area contributed by atoms with E-state index in [1.165, 1.54) is 0 Å². The minimum Gasteiger partial charge on any atom is -0.410 e. The molecule has 1 aliphatic carbocycles. The van der Waals surface area contributed by atoms with Gasteiger partial charge in [-0.25, -0.2) is 0 Å². The van der Waals surface area contributed by atoms with Crippen molar-refractivity contribution in [2.45, 2.75) is 77.1 Å². The van der Waals surface area contributed by atoms with E-state index in [9.17, 15) is 4.79 Å². The highest BCUT2D eigenvalue weighted by Crippen LogP contribution is 2.43. The summed E-state index contributed by atoms with van der Waals surface area (Å²) in [4.78, 5) is 11.2. The van der Waals surface area contributed by atoms with Gasteiger partial charge < -0.3 is 4.43 Å². The molecule has 0 aromatic rings. The van der Waals surface area contributed by atoms with Crippen molar-refractivity contribution in [1.29, 1.82) is 0 Å². The van der Waals surface area contributed by atoms with Crippen molar-refractivity contribution in [3.8, 4) is 0 Å². The predicted molar refractivity (Wildman–Crippen MR) is 79.3 cm³/mol. The van der Waals surface area contributed by atoms with Crippen LogP contribution in [0.25, 0.3) is 0 Å². The Kier molecular flexibility index (Phi) is 5.35. The van der Waals surface area contributed by atoms with E-state index in [0.29, 0.717) is 23.0 Å². The molecule has 0 N–H and O–H groups in total. The van der Waals surface area contributed by atoms with Crippen molar-refractivity contribution in [1.82, 2.24) is 0 Å². The maximum atomic E-state index is 11.2. The molecular formula is C15H28O2Si. The van der Waals surface area contributed by atoms with Crippen LogP contribution in [-0.2, 0) is 9.22 Å². The number of hydrogen-bond donors (Lipinski definition) is 0. The van der Waals surface area contributed by atoms with Crippen molar-refractivity contribution in [2.75, 3.05) is 0 Å². The average Bonchev–Trinajstić information content (AvgIpc) is 2.26. The lowest BCUT2D eigenvalue weighted by Gasteiger charge is -2.44. The van der Waals surface area contributed by atoms with Crippen molar-refractivity contribution in [3.05, 3.63) is 12.2 Å². The van der Waals surface area contributed by atoms with Gasteiger partial charge in [0.05, 0.1) is 6.10 Å². The summed E-state index contributed by atoms with van der Waals surface area (Å²) in [5.74, 6) is 0.237. The van der Waals surface area contributed by atoms with Crippen molar-refractivity contribution in [2.24, 2.45) is 0 Å². The van der Waals surface area contributed by atoms with Gasteiger partial charge in [0.1, 0.15) is 0 Å². The summed E-state index contributed by atoms with van der Waals surface area (Å²) in [6.07, 6.45) is 5.33. The van der Waals surface area contributed by atoms with Crippen LogP contribution in [0.4, 0.5) is 0 Å². The van der Waals surface area contributed by atoms with Gasteiger partial charge >= 0.3 is 0 Å². The monoisotopic (exact) mass is 268 g/mol. The second-order valence-corrected chi connectivity index (χ2v) is 11.7. The molecule has 104 valence electrons. The van der Waals surface area contributed by atoms with Crippen LogP contribution in [0.1, 0.15) is 54.4 Å². The maximum absolute atomic E-state index is 11.2. The van der Waals surface area contributed by atoms with Gasteiger partial charge in [-0.3, -0.25) is 4.79 Å². The molecule has 3 heteroatoms. The highest BCUT2D eigenvalue weighted by Gasteiger charge is 2.46. The second-order valence-electron chi connectivity index (χ2n) is 6.34. The lowest BCUT2D eigenvalue weighted by molar-refractivity contribution is -0.115. The summed E-state index contributed by atoms with van der Waals surface area (Å²) < 4.78 is 6.61. The minimum atomic E-state index is -1.80. The SMILES string of the molecule is CC(C)[Si](OC1C=CC(=O)CC1)(C(C)C)C(C)C. The van der Waals surface area contributed by atoms with Crippen LogP contribution in [0.5, 0.6) is 0 Å². The Labute approximate surface area is 113 Å². The third kappa shape index (κ3) is 3.12. The largest absolute Gasteiger partial charge is 0.410 e. The molecule has 1 rings (SSSR count). The van der Waals surface area contributed by atoms with E-state index in [4.69, 9.17) is 4.43 Å². The van der Waals surface area contributed by atoms with Crippen LogP contribution >= 0.6 is 0 Å². The molecule has 0 saturated carbocycles. The first-order chi connectivity index (χ1) is 8.30. The smallest absolute Gasteiger partial charge is 0.201 e. The zero-order valence-electron chi connectivity index (χ0n) is 12.7. The zero-order valence-corrected chi connectivity index (χ0v) is 13.7. The van der Waals surface area contributed by atoms with Crippen LogP contribution in [0, 0.1) is 0 Å². The standard InChI is InChI=1S/C15H28O2Si/c1-11(2)18(12(3)4,13(5)6)17-15-9-7-14(16)8-10-15/h7,9,11-13,15H,8,10H2,1-6H3. The Morgan fingerprint density at radius 2 is 1.61 bits per heavy atom.